The van der Waals surface area contributed by atoms with Crippen LogP contribution in [0, 0.1) is 0 Å². The Hall–Kier alpha value is 0.463. The van der Waals surface area contributed by atoms with E-state index in [9.17, 15) is 0 Å². The molecule has 0 radical (unpaired) electrons. The van der Waals surface area contributed by atoms with Crippen molar-refractivity contribution in [3.63, 3.8) is 0 Å². The Bertz CT molecular complexity index is 111. The third kappa shape index (κ3) is 7.83. The standard InChI is InChI=1S/C9H22N4.Zn/c1-13-8-6-11-4-2-10-3-5-12-7-9-13;/h10-12H,2-9H2,1H3;/q;+2. The summed E-state index contributed by atoms with van der Waals surface area (Å²) in [4.78, 5) is 2.36. The Balaban J connectivity index is 0.00000169. The SMILES string of the molecule is CN1CCNCCNCCNCC1.[Zn+2]. The van der Waals surface area contributed by atoms with E-state index in [1.54, 1.807) is 0 Å². The zero-order valence-corrected chi connectivity index (χ0v) is 12.3. The summed E-state index contributed by atoms with van der Waals surface area (Å²) < 4.78 is 0. The second kappa shape index (κ2) is 10.00. The molecule has 0 atom stereocenters. The summed E-state index contributed by atoms with van der Waals surface area (Å²) in [6.45, 7) is 8.78. The van der Waals surface area contributed by atoms with Gasteiger partial charge in [-0.2, -0.15) is 0 Å². The molecule has 0 spiro atoms. The molecule has 0 unspecified atom stereocenters. The van der Waals surface area contributed by atoms with Crippen LogP contribution in [0.2, 0.25) is 0 Å². The molecule has 0 aliphatic carbocycles. The molecule has 0 aromatic rings. The molecule has 0 amide bonds. The molecule has 1 fully saturated rings. The molecule has 14 heavy (non-hydrogen) atoms. The summed E-state index contributed by atoms with van der Waals surface area (Å²) in [5.41, 5.74) is 0. The van der Waals surface area contributed by atoms with Crippen LogP contribution in [0.4, 0.5) is 0 Å². The molecule has 1 heterocycles. The molecule has 0 saturated carbocycles. The minimum absolute atomic E-state index is 0. The average molecular weight is 252 g/mol. The van der Waals surface area contributed by atoms with Crippen molar-refractivity contribution >= 4 is 0 Å². The van der Waals surface area contributed by atoms with Gasteiger partial charge < -0.3 is 20.9 Å². The summed E-state index contributed by atoms with van der Waals surface area (Å²) in [5.74, 6) is 0. The predicted octanol–water partition coefficient (Wildman–Crippen LogP) is -1.30. The van der Waals surface area contributed by atoms with Crippen molar-refractivity contribution in [3.8, 4) is 0 Å². The third-order valence-corrected chi connectivity index (χ3v) is 2.30. The first kappa shape index (κ1) is 14.5. The van der Waals surface area contributed by atoms with E-state index in [4.69, 9.17) is 0 Å². The van der Waals surface area contributed by atoms with Crippen LogP contribution in [-0.4, -0.2) is 64.3 Å². The quantitative estimate of drug-likeness (QED) is 0.468. The van der Waals surface area contributed by atoms with Gasteiger partial charge in [0.15, 0.2) is 0 Å². The van der Waals surface area contributed by atoms with Crippen molar-refractivity contribution in [2.24, 2.45) is 0 Å². The average Bonchev–Trinajstić information content (AvgIpc) is 2.11. The van der Waals surface area contributed by atoms with Crippen LogP contribution in [0.25, 0.3) is 0 Å². The fraction of sp³-hybridized carbons (Fsp3) is 1.00. The Morgan fingerprint density at radius 3 is 1.50 bits per heavy atom. The van der Waals surface area contributed by atoms with E-state index in [0.29, 0.717) is 0 Å². The van der Waals surface area contributed by atoms with Crippen molar-refractivity contribution in [2.75, 3.05) is 59.4 Å². The van der Waals surface area contributed by atoms with Crippen LogP contribution in [-0.2, 0) is 19.5 Å². The fourth-order valence-corrected chi connectivity index (χ4v) is 1.38. The minimum Gasteiger partial charge on any atom is -0.314 e. The molecule has 1 saturated heterocycles. The van der Waals surface area contributed by atoms with E-state index in [0.717, 1.165) is 52.4 Å². The van der Waals surface area contributed by atoms with Crippen LogP contribution in [0.15, 0.2) is 0 Å². The molecule has 1 aliphatic rings. The number of hydrogen-bond donors (Lipinski definition) is 3. The first-order valence-corrected chi connectivity index (χ1v) is 5.20. The van der Waals surface area contributed by atoms with Crippen molar-refractivity contribution < 1.29 is 19.5 Å². The van der Waals surface area contributed by atoms with Gasteiger partial charge in [-0.05, 0) is 7.05 Å². The largest absolute Gasteiger partial charge is 2.00 e. The monoisotopic (exact) mass is 250 g/mol. The summed E-state index contributed by atoms with van der Waals surface area (Å²) in [7, 11) is 2.17. The number of nitrogens with zero attached hydrogens (tertiary/aromatic N) is 1. The summed E-state index contributed by atoms with van der Waals surface area (Å²) in [6.07, 6.45) is 0. The van der Waals surface area contributed by atoms with E-state index < -0.39 is 0 Å². The van der Waals surface area contributed by atoms with Gasteiger partial charge in [-0.15, -0.1) is 0 Å². The Kier molecular flexibility index (Phi) is 10.3. The molecule has 0 aromatic carbocycles. The number of rotatable bonds is 0. The van der Waals surface area contributed by atoms with Crippen molar-refractivity contribution in [1.82, 2.24) is 20.9 Å². The van der Waals surface area contributed by atoms with E-state index in [-0.39, 0.29) is 19.5 Å². The number of likely N-dealkylation sites (N-methyl/N-ethyl adjacent to an activating group) is 1. The van der Waals surface area contributed by atoms with Crippen LogP contribution in [0.1, 0.15) is 0 Å². The van der Waals surface area contributed by atoms with Gasteiger partial charge >= 0.3 is 19.5 Å². The Morgan fingerprint density at radius 1 is 0.714 bits per heavy atom. The molecular weight excluding hydrogens is 230 g/mol. The summed E-state index contributed by atoms with van der Waals surface area (Å²) in [6, 6.07) is 0. The maximum atomic E-state index is 3.41. The molecule has 1 rings (SSSR count). The second-order valence-electron chi connectivity index (χ2n) is 3.55. The van der Waals surface area contributed by atoms with E-state index in [1.165, 1.54) is 0 Å². The zero-order chi connectivity index (χ0) is 9.36. The van der Waals surface area contributed by atoms with Gasteiger partial charge in [-0.3, -0.25) is 0 Å². The van der Waals surface area contributed by atoms with Crippen molar-refractivity contribution in [2.45, 2.75) is 0 Å². The zero-order valence-electron chi connectivity index (χ0n) is 9.31. The Labute approximate surface area is 99.9 Å². The molecule has 1 aliphatic heterocycles. The van der Waals surface area contributed by atoms with E-state index in [1.807, 2.05) is 0 Å². The molecular formula is C9H22N4Zn+2. The van der Waals surface area contributed by atoms with Gasteiger partial charge in [-0.1, -0.05) is 0 Å². The van der Waals surface area contributed by atoms with Crippen molar-refractivity contribution in [3.05, 3.63) is 0 Å². The number of hydrogen-bond acceptors (Lipinski definition) is 4. The molecule has 0 aromatic heterocycles. The van der Waals surface area contributed by atoms with Gasteiger partial charge in [0.05, 0.1) is 0 Å². The molecule has 78 valence electrons. The maximum absolute atomic E-state index is 3.41. The van der Waals surface area contributed by atoms with Crippen LogP contribution < -0.4 is 16.0 Å². The normalized spacial score (nSPS) is 22.9. The topological polar surface area (TPSA) is 39.3 Å². The van der Waals surface area contributed by atoms with Gasteiger partial charge in [-0.25, -0.2) is 0 Å². The predicted molar refractivity (Wildman–Crippen MR) is 56.1 cm³/mol. The molecule has 0 bridgehead atoms. The van der Waals surface area contributed by atoms with Gasteiger partial charge in [0, 0.05) is 52.4 Å². The molecule has 5 heteroatoms. The van der Waals surface area contributed by atoms with Crippen LogP contribution in [0.5, 0.6) is 0 Å². The van der Waals surface area contributed by atoms with Crippen LogP contribution in [0.3, 0.4) is 0 Å². The first-order chi connectivity index (χ1) is 6.39. The maximum Gasteiger partial charge on any atom is 2.00 e. The number of nitrogens with one attached hydrogen (secondary N) is 3. The molecule has 4 nitrogen and oxygen atoms in total. The van der Waals surface area contributed by atoms with Gasteiger partial charge in [0.2, 0.25) is 0 Å². The smallest absolute Gasteiger partial charge is 0.314 e. The van der Waals surface area contributed by atoms with E-state index in [2.05, 4.69) is 27.9 Å². The summed E-state index contributed by atoms with van der Waals surface area (Å²) in [5, 5.41) is 10.2. The van der Waals surface area contributed by atoms with Gasteiger partial charge in [0.1, 0.15) is 0 Å². The first-order valence-electron chi connectivity index (χ1n) is 5.20. The molecule has 3 N–H and O–H groups in total. The van der Waals surface area contributed by atoms with Crippen LogP contribution >= 0.6 is 0 Å². The second-order valence-corrected chi connectivity index (χ2v) is 3.55. The van der Waals surface area contributed by atoms with Crippen molar-refractivity contribution in [1.29, 1.82) is 0 Å². The van der Waals surface area contributed by atoms with E-state index >= 15 is 0 Å². The van der Waals surface area contributed by atoms with Gasteiger partial charge in [0.25, 0.3) is 0 Å². The third-order valence-electron chi connectivity index (χ3n) is 2.30. The fourth-order valence-electron chi connectivity index (χ4n) is 1.38. The summed E-state index contributed by atoms with van der Waals surface area (Å²) >= 11 is 0. The Morgan fingerprint density at radius 2 is 1.07 bits per heavy atom. The minimum atomic E-state index is 0.